The van der Waals surface area contributed by atoms with Gasteiger partial charge in [-0.1, -0.05) is 12.1 Å². The normalized spacial score (nSPS) is 19.6. The summed E-state index contributed by atoms with van der Waals surface area (Å²) in [5, 5.41) is 4.89. The molecule has 0 fully saturated rings. The minimum absolute atomic E-state index is 0.640. The summed E-state index contributed by atoms with van der Waals surface area (Å²) in [7, 11) is 2.07. The Bertz CT molecular complexity index is 566. The molecule has 3 rings (SSSR count). The van der Waals surface area contributed by atoms with Crippen molar-refractivity contribution >= 4 is 10.9 Å². The number of aromatic amines is 1. The first-order valence-corrected chi connectivity index (χ1v) is 6.47. The lowest BCUT2D eigenvalue weighted by atomic mass is 9.90. The number of hydrogen-bond donors (Lipinski definition) is 2. The Morgan fingerprint density at radius 1 is 1.24 bits per heavy atom. The molecule has 1 heterocycles. The molecule has 0 spiro atoms. The number of H-pyrrole nitrogens is 1. The molecule has 17 heavy (non-hydrogen) atoms. The molecule has 1 aromatic carbocycles. The Balaban J connectivity index is 2.24. The number of aromatic nitrogens is 1. The van der Waals surface area contributed by atoms with Gasteiger partial charge in [0, 0.05) is 22.6 Å². The predicted octanol–water partition coefficient (Wildman–Crippen LogP) is 2.86. The number of likely N-dealkylation sites (N-methyl/N-ethyl adjacent to an activating group) is 1. The summed E-state index contributed by atoms with van der Waals surface area (Å²) in [6, 6.07) is 5.10. The Morgan fingerprint density at radius 2 is 2.00 bits per heavy atom. The van der Waals surface area contributed by atoms with Crippen molar-refractivity contribution in [3.8, 4) is 0 Å². The number of nitrogens with one attached hydrogen (secondary N) is 2. The molecule has 0 amide bonds. The average molecular weight is 228 g/mol. The maximum atomic E-state index is 3.64. The van der Waals surface area contributed by atoms with Crippen LogP contribution < -0.4 is 5.32 Å². The van der Waals surface area contributed by atoms with E-state index < -0.39 is 0 Å². The van der Waals surface area contributed by atoms with E-state index in [0.717, 1.165) is 6.42 Å². The van der Waals surface area contributed by atoms with Crippen molar-refractivity contribution in [2.45, 2.75) is 39.2 Å². The summed E-state index contributed by atoms with van der Waals surface area (Å²) < 4.78 is 0. The lowest BCUT2D eigenvalue weighted by Crippen LogP contribution is -2.31. The molecule has 2 N–H and O–H groups in total. The molecule has 0 radical (unpaired) electrons. The van der Waals surface area contributed by atoms with Crippen LogP contribution in [0.3, 0.4) is 0 Å². The number of rotatable bonds is 1. The fourth-order valence-corrected chi connectivity index (χ4v) is 3.09. The Hall–Kier alpha value is -1.28. The van der Waals surface area contributed by atoms with Crippen molar-refractivity contribution in [2.75, 3.05) is 7.05 Å². The largest absolute Gasteiger partial charge is 0.358 e. The van der Waals surface area contributed by atoms with E-state index in [1.165, 1.54) is 40.6 Å². The second-order valence-electron chi connectivity index (χ2n) is 5.26. The van der Waals surface area contributed by atoms with Gasteiger partial charge in [-0.3, -0.25) is 0 Å². The SMILES string of the molecule is CNC1CCc2[nH]c3c(C)ccc(C)c3c2C1. The lowest BCUT2D eigenvalue weighted by molar-refractivity contribution is 0.495. The zero-order chi connectivity index (χ0) is 12.0. The molecule has 0 aliphatic heterocycles. The van der Waals surface area contributed by atoms with E-state index in [1.807, 2.05) is 0 Å². The molecule has 1 unspecified atom stereocenters. The molecule has 0 saturated heterocycles. The smallest absolute Gasteiger partial charge is 0.0491 e. The second-order valence-corrected chi connectivity index (χ2v) is 5.26. The zero-order valence-corrected chi connectivity index (χ0v) is 10.9. The molecular formula is C15H20N2. The minimum atomic E-state index is 0.640. The number of fused-ring (bicyclic) bond motifs is 3. The van der Waals surface area contributed by atoms with E-state index >= 15 is 0 Å². The first kappa shape index (κ1) is 10.8. The first-order valence-electron chi connectivity index (χ1n) is 6.47. The van der Waals surface area contributed by atoms with Gasteiger partial charge in [0.25, 0.3) is 0 Å². The Kier molecular flexibility index (Phi) is 2.48. The highest BCUT2D eigenvalue weighted by molar-refractivity contribution is 5.90. The summed E-state index contributed by atoms with van der Waals surface area (Å²) in [6.45, 7) is 4.41. The fraction of sp³-hybridized carbons (Fsp3) is 0.467. The van der Waals surface area contributed by atoms with Crippen LogP contribution in [0.1, 0.15) is 28.8 Å². The monoisotopic (exact) mass is 228 g/mol. The van der Waals surface area contributed by atoms with Crippen LogP contribution in [0.5, 0.6) is 0 Å². The van der Waals surface area contributed by atoms with Gasteiger partial charge >= 0.3 is 0 Å². The van der Waals surface area contributed by atoms with Crippen molar-refractivity contribution in [1.82, 2.24) is 10.3 Å². The van der Waals surface area contributed by atoms with Crippen molar-refractivity contribution in [2.24, 2.45) is 0 Å². The molecule has 90 valence electrons. The van der Waals surface area contributed by atoms with Crippen LogP contribution in [0, 0.1) is 13.8 Å². The van der Waals surface area contributed by atoms with Gasteiger partial charge in [-0.25, -0.2) is 0 Å². The van der Waals surface area contributed by atoms with Crippen LogP contribution in [0.2, 0.25) is 0 Å². The van der Waals surface area contributed by atoms with Crippen LogP contribution >= 0.6 is 0 Å². The third-order valence-corrected chi connectivity index (χ3v) is 4.17. The quantitative estimate of drug-likeness (QED) is 0.771. The van der Waals surface area contributed by atoms with E-state index in [2.05, 4.69) is 43.3 Å². The topological polar surface area (TPSA) is 27.8 Å². The Labute approximate surface area is 102 Å². The van der Waals surface area contributed by atoms with Gasteiger partial charge in [0.15, 0.2) is 0 Å². The van der Waals surface area contributed by atoms with Crippen molar-refractivity contribution in [1.29, 1.82) is 0 Å². The number of hydrogen-bond acceptors (Lipinski definition) is 1. The molecule has 1 aliphatic rings. The van der Waals surface area contributed by atoms with Crippen molar-refractivity contribution in [3.05, 3.63) is 34.5 Å². The van der Waals surface area contributed by atoms with E-state index in [-0.39, 0.29) is 0 Å². The maximum Gasteiger partial charge on any atom is 0.0491 e. The second kappa shape index (κ2) is 3.88. The standard InChI is InChI=1S/C15H20N2/c1-9-4-5-10(2)15-14(9)12-8-11(16-3)6-7-13(12)17-15/h4-5,11,16-17H,6-8H2,1-3H3. The third kappa shape index (κ3) is 1.59. The van der Waals surface area contributed by atoms with Gasteiger partial charge in [0.1, 0.15) is 0 Å². The molecule has 1 aliphatic carbocycles. The van der Waals surface area contributed by atoms with Gasteiger partial charge in [-0.2, -0.15) is 0 Å². The van der Waals surface area contributed by atoms with Gasteiger partial charge in [0.05, 0.1) is 0 Å². The fourth-order valence-electron chi connectivity index (χ4n) is 3.09. The molecular weight excluding hydrogens is 208 g/mol. The van der Waals surface area contributed by atoms with E-state index in [1.54, 1.807) is 5.56 Å². The van der Waals surface area contributed by atoms with E-state index in [0.29, 0.717) is 6.04 Å². The highest BCUT2D eigenvalue weighted by Crippen LogP contribution is 2.32. The predicted molar refractivity (Wildman–Crippen MR) is 72.6 cm³/mol. The van der Waals surface area contributed by atoms with E-state index in [9.17, 15) is 0 Å². The summed E-state index contributed by atoms with van der Waals surface area (Å²) in [6.07, 6.45) is 3.58. The van der Waals surface area contributed by atoms with Crippen molar-refractivity contribution in [3.63, 3.8) is 0 Å². The Morgan fingerprint density at radius 3 is 2.76 bits per heavy atom. The minimum Gasteiger partial charge on any atom is -0.358 e. The highest BCUT2D eigenvalue weighted by atomic mass is 14.9. The van der Waals surface area contributed by atoms with Gasteiger partial charge in [-0.05, 0) is 56.8 Å². The maximum absolute atomic E-state index is 3.64. The van der Waals surface area contributed by atoms with Gasteiger partial charge in [0.2, 0.25) is 0 Å². The van der Waals surface area contributed by atoms with Crippen molar-refractivity contribution < 1.29 is 0 Å². The van der Waals surface area contributed by atoms with Gasteiger partial charge < -0.3 is 10.3 Å². The average Bonchev–Trinajstić information content (AvgIpc) is 2.73. The molecule has 0 saturated carbocycles. The highest BCUT2D eigenvalue weighted by Gasteiger charge is 2.22. The van der Waals surface area contributed by atoms with Crippen LogP contribution in [-0.4, -0.2) is 18.1 Å². The van der Waals surface area contributed by atoms with Crippen LogP contribution in [0.15, 0.2) is 12.1 Å². The van der Waals surface area contributed by atoms with Crippen LogP contribution in [0.25, 0.3) is 10.9 Å². The summed E-state index contributed by atoms with van der Waals surface area (Å²) >= 11 is 0. The first-order chi connectivity index (χ1) is 8.20. The molecule has 0 bridgehead atoms. The summed E-state index contributed by atoms with van der Waals surface area (Å²) in [4.78, 5) is 3.64. The zero-order valence-electron chi connectivity index (χ0n) is 10.9. The molecule has 1 atom stereocenters. The van der Waals surface area contributed by atoms with Crippen LogP contribution in [0.4, 0.5) is 0 Å². The third-order valence-electron chi connectivity index (χ3n) is 4.17. The molecule has 2 aromatic rings. The summed E-state index contributed by atoms with van der Waals surface area (Å²) in [5.74, 6) is 0. The summed E-state index contributed by atoms with van der Waals surface area (Å²) in [5.41, 5.74) is 7.13. The number of benzene rings is 1. The van der Waals surface area contributed by atoms with E-state index in [4.69, 9.17) is 0 Å². The van der Waals surface area contributed by atoms with Gasteiger partial charge in [-0.15, -0.1) is 0 Å². The number of aryl methyl sites for hydroxylation is 3. The molecule has 2 nitrogen and oxygen atoms in total. The molecule has 1 aromatic heterocycles. The molecule has 2 heteroatoms. The van der Waals surface area contributed by atoms with Crippen LogP contribution in [-0.2, 0) is 12.8 Å². The lowest BCUT2D eigenvalue weighted by Gasteiger charge is -2.22.